The lowest BCUT2D eigenvalue weighted by Gasteiger charge is -2.08. The van der Waals surface area contributed by atoms with Gasteiger partial charge < -0.3 is 10.4 Å². The molecule has 0 fully saturated rings. The maximum absolute atomic E-state index is 11.9. The Morgan fingerprint density at radius 1 is 1.28 bits per heavy atom. The number of amides is 1. The number of pyridine rings is 2. The highest BCUT2D eigenvalue weighted by Crippen LogP contribution is 2.15. The Kier molecular flexibility index (Phi) is 3.23. The maximum Gasteiger partial charge on any atom is 0.257 e. The Labute approximate surface area is 105 Å². The number of aryl methyl sites for hydroxylation is 2. The van der Waals surface area contributed by atoms with Gasteiger partial charge in [-0.3, -0.25) is 14.8 Å². The van der Waals surface area contributed by atoms with Crippen LogP contribution in [0.1, 0.15) is 21.7 Å². The first kappa shape index (κ1) is 12.0. The lowest BCUT2D eigenvalue weighted by atomic mass is 10.2. The summed E-state index contributed by atoms with van der Waals surface area (Å²) in [6.07, 6.45) is 2.67. The van der Waals surface area contributed by atoms with E-state index in [1.165, 1.54) is 18.5 Å². The third-order valence-corrected chi connectivity index (χ3v) is 2.46. The lowest BCUT2D eigenvalue weighted by Crippen LogP contribution is -2.13. The molecule has 0 radical (unpaired) electrons. The number of hydrogen-bond donors (Lipinski definition) is 2. The zero-order valence-electron chi connectivity index (χ0n) is 10.1. The third-order valence-electron chi connectivity index (χ3n) is 2.46. The van der Waals surface area contributed by atoms with Gasteiger partial charge in [0.05, 0.1) is 23.1 Å². The molecule has 0 spiro atoms. The molecule has 0 saturated heterocycles. The molecule has 0 aliphatic rings. The van der Waals surface area contributed by atoms with Crippen molar-refractivity contribution in [3.05, 3.63) is 47.5 Å². The number of hydrogen-bond acceptors (Lipinski definition) is 4. The van der Waals surface area contributed by atoms with Gasteiger partial charge in [-0.15, -0.1) is 0 Å². The van der Waals surface area contributed by atoms with Crippen molar-refractivity contribution in [2.24, 2.45) is 0 Å². The van der Waals surface area contributed by atoms with Crippen molar-refractivity contribution in [2.45, 2.75) is 13.8 Å². The Bertz CT molecular complexity index is 597. The van der Waals surface area contributed by atoms with Crippen molar-refractivity contribution < 1.29 is 9.90 Å². The Morgan fingerprint density at radius 2 is 2.06 bits per heavy atom. The molecule has 0 aliphatic carbocycles. The van der Waals surface area contributed by atoms with Crippen LogP contribution in [-0.4, -0.2) is 21.0 Å². The topological polar surface area (TPSA) is 75.1 Å². The largest absolute Gasteiger partial charge is 0.506 e. The molecule has 0 aromatic carbocycles. The molecule has 5 nitrogen and oxygen atoms in total. The number of carbonyl (C=O) groups excluding carboxylic acids is 1. The van der Waals surface area contributed by atoms with Gasteiger partial charge in [0.1, 0.15) is 5.75 Å². The number of nitrogens with zero attached hydrogens (tertiary/aromatic N) is 2. The molecule has 2 aromatic heterocycles. The first-order chi connectivity index (χ1) is 8.56. The van der Waals surface area contributed by atoms with E-state index in [1.807, 2.05) is 19.9 Å². The third kappa shape index (κ3) is 2.63. The van der Waals surface area contributed by atoms with Crippen molar-refractivity contribution >= 4 is 11.6 Å². The van der Waals surface area contributed by atoms with Crippen LogP contribution in [0.5, 0.6) is 5.75 Å². The van der Waals surface area contributed by atoms with E-state index in [2.05, 4.69) is 15.3 Å². The van der Waals surface area contributed by atoms with E-state index in [0.29, 0.717) is 11.3 Å². The van der Waals surface area contributed by atoms with Crippen molar-refractivity contribution in [3.8, 4) is 5.75 Å². The normalized spacial score (nSPS) is 10.1. The van der Waals surface area contributed by atoms with Gasteiger partial charge in [0, 0.05) is 11.9 Å². The van der Waals surface area contributed by atoms with E-state index < -0.39 is 0 Å². The summed E-state index contributed by atoms with van der Waals surface area (Å²) < 4.78 is 0. The van der Waals surface area contributed by atoms with Gasteiger partial charge in [0.2, 0.25) is 0 Å². The summed E-state index contributed by atoms with van der Waals surface area (Å²) in [5.41, 5.74) is 2.59. The molecular formula is C13H13N3O2. The molecule has 92 valence electrons. The van der Waals surface area contributed by atoms with E-state index in [-0.39, 0.29) is 11.7 Å². The van der Waals surface area contributed by atoms with Crippen LogP contribution in [0.25, 0.3) is 0 Å². The molecule has 0 aliphatic heterocycles. The average molecular weight is 243 g/mol. The summed E-state index contributed by atoms with van der Waals surface area (Å²) in [7, 11) is 0. The fourth-order valence-electron chi connectivity index (χ4n) is 1.57. The number of rotatable bonds is 2. The predicted octanol–water partition coefficient (Wildman–Crippen LogP) is 2.05. The van der Waals surface area contributed by atoms with Crippen LogP contribution in [0, 0.1) is 13.8 Å². The molecular weight excluding hydrogens is 230 g/mol. The first-order valence-corrected chi connectivity index (χ1v) is 5.46. The van der Waals surface area contributed by atoms with Gasteiger partial charge in [-0.1, -0.05) is 0 Å². The minimum Gasteiger partial charge on any atom is -0.506 e. The standard InChI is InChI=1S/C13H13N3O2/c1-8-3-4-12(9(2)15-8)16-13(18)10-5-11(17)7-14-6-10/h3-7,17H,1-2H3,(H,16,18). The smallest absolute Gasteiger partial charge is 0.257 e. The molecule has 0 bridgehead atoms. The van der Waals surface area contributed by atoms with Crippen molar-refractivity contribution in [1.82, 2.24) is 9.97 Å². The van der Waals surface area contributed by atoms with E-state index in [0.717, 1.165) is 11.4 Å². The monoisotopic (exact) mass is 243 g/mol. The number of carbonyl (C=O) groups is 1. The Morgan fingerprint density at radius 3 is 2.72 bits per heavy atom. The lowest BCUT2D eigenvalue weighted by molar-refractivity contribution is 0.102. The second kappa shape index (κ2) is 4.83. The zero-order chi connectivity index (χ0) is 13.1. The highest BCUT2D eigenvalue weighted by molar-refractivity contribution is 6.04. The summed E-state index contributed by atoms with van der Waals surface area (Å²) >= 11 is 0. The molecule has 2 N–H and O–H groups in total. The molecule has 0 unspecified atom stereocenters. The van der Waals surface area contributed by atoms with Gasteiger partial charge in [-0.05, 0) is 32.0 Å². The van der Waals surface area contributed by atoms with Gasteiger partial charge in [-0.2, -0.15) is 0 Å². The van der Waals surface area contributed by atoms with Crippen LogP contribution in [0.4, 0.5) is 5.69 Å². The van der Waals surface area contributed by atoms with Crippen LogP contribution in [0.3, 0.4) is 0 Å². The highest BCUT2D eigenvalue weighted by Gasteiger charge is 2.09. The molecule has 5 heteroatoms. The second-order valence-corrected chi connectivity index (χ2v) is 3.97. The van der Waals surface area contributed by atoms with Crippen molar-refractivity contribution in [2.75, 3.05) is 5.32 Å². The first-order valence-electron chi connectivity index (χ1n) is 5.46. The number of aromatic hydroxyl groups is 1. The molecule has 1 amide bonds. The SMILES string of the molecule is Cc1ccc(NC(=O)c2cncc(O)c2)c(C)n1. The maximum atomic E-state index is 11.9. The minimum absolute atomic E-state index is 0.0404. The van der Waals surface area contributed by atoms with Crippen LogP contribution in [0.15, 0.2) is 30.6 Å². The predicted molar refractivity (Wildman–Crippen MR) is 67.6 cm³/mol. The minimum atomic E-state index is -0.327. The summed E-state index contributed by atoms with van der Waals surface area (Å²) in [5, 5.41) is 12.0. The molecule has 0 saturated carbocycles. The van der Waals surface area contributed by atoms with Gasteiger partial charge in [0.25, 0.3) is 5.91 Å². The summed E-state index contributed by atoms with van der Waals surface area (Å²) in [6, 6.07) is 4.98. The average Bonchev–Trinajstić information content (AvgIpc) is 2.32. The second-order valence-electron chi connectivity index (χ2n) is 3.97. The quantitative estimate of drug-likeness (QED) is 0.846. The van der Waals surface area contributed by atoms with Gasteiger partial charge in [0.15, 0.2) is 0 Å². The summed E-state index contributed by atoms with van der Waals surface area (Å²) in [4.78, 5) is 19.9. The molecule has 2 heterocycles. The van der Waals surface area contributed by atoms with Crippen molar-refractivity contribution in [1.29, 1.82) is 0 Å². The highest BCUT2D eigenvalue weighted by atomic mass is 16.3. The number of nitrogens with one attached hydrogen (secondary N) is 1. The van der Waals surface area contributed by atoms with E-state index in [1.54, 1.807) is 6.07 Å². The van der Waals surface area contributed by atoms with Crippen LogP contribution >= 0.6 is 0 Å². The van der Waals surface area contributed by atoms with Crippen LogP contribution in [-0.2, 0) is 0 Å². The summed E-state index contributed by atoms with van der Waals surface area (Å²) in [6.45, 7) is 3.71. The zero-order valence-corrected chi connectivity index (χ0v) is 10.1. The number of anilines is 1. The van der Waals surface area contributed by atoms with Gasteiger partial charge >= 0.3 is 0 Å². The Balaban J connectivity index is 2.21. The Hall–Kier alpha value is -2.43. The van der Waals surface area contributed by atoms with E-state index in [9.17, 15) is 9.90 Å². The van der Waals surface area contributed by atoms with E-state index >= 15 is 0 Å². The molecule has 2 aromatic rings. The molecule has 18 heavy (non-hydrogen) atoms. The van der Waals surface area contributed by atoms with Crippen LogP contribution in [0.2, 0.25) is 0 Å². The fraction of sp³-hybridized carbons (Fsp3) is 0.154. The summed E-state index contributed by atoms with van der Waals surface area (Å²) in [5.74, 6) is -0.367. The number of aromatic nitrogens is 2. The van der Waals surface area contributed by atoms with E-state index in [4.69, 9.17) is 0 Å². The molecule has 2 rings (SSSR count). The van der Waals surface area contributed by atoms with Crippen LogP contribution < -0.4 is 5.32 Å². The van der Waals surface area contributed by atoms with Gasteiger partial charge in [-0.25, -0.2) is 0 Å². The molecule has 0 atom stereocenters. The fourth-order valence-corrected chi connectivity index (χ4v) is 1.57. The van der Waals surface area contributed by atoms with Crippen molar-refractivity contribution in [3.63, 3.8) is 0 Å².